The SMILES string of the molecule is COc1cccc(CCOc2cccc(Cc3cccc(C(N)=O)c3)n2)c1. The van der Waals surface area contributed by atoms with Crippen molar-refractivity contribution in [3.8, 4) is 11.6 Å². The van der Waals surface area contributed by atoms with E-state index in [-0.39, 0.29) is 0 Å². The summed E-state index contributed by atoms with van der Waals surface area (Å²) in [5, 5.41) is 0. The van der Waals surface area contributed by atoms with Crippen LogP contribution in [0.2, 0.25) is 0 Å². The predicted octanol–water partition coefficient (Wildman–Crippen LogP) is 3.40. The van der Waals surface area contributed by atoms with Crippen LogP contribution in [0.4, 0.5) is 0 Å². The van der Waals surface area contributed by atoms with E-state index in [1.165, 1.54) is 0 Å². The molecule has 1 amide bonds. The van der Waals surface area contributed by atoms with Crippen LogP contribution in [0, 0.1) is 0 Å². The lowest BCUT2D eigenvalue weighted by molar-refractivity contribution is 0.1000. The number of hydrogen-bond donors (Lipinski definition) is 1. The Labute approximate surface area is 158 Å². The van der Waals surface area contributed by atoms with Gasteiger partial charge >= 0.3 is 0 Å². The number of carbonyl (C=O) groups is 1. The molecule has 0 spiro atoms. The summed E-state index contributed by atoms with van der Waals surface area (Å²) in [6.07, 6.45) is 1.37. The number of hydrogen-bond acceptors (Lipinski definition) is 4. The summed E-state index contributed by atoms with van der Waals surface area (Å²) >= 11 is 0. The van der Waals surface area contributed by atoms with Gasteiger partial charge in [0, 0.05) is 30.2 Å². The van der Waals surface area contributed by atoms with Gasteiger partial charge in [0.05, 0.1) is 13.7 Å². The van der Waals surface area contributed by atoms with Crippen molar-refractivity contribution >= 4 is 5.91 Å². The zero-order valence-corrected chi connectivity index (χ0v) is 15.2. The summed E-state index contributed by atoms with van der Waals surface area (Å²) in [6.45, 7) is 0.529. The molecule has 2 N–H and O–H groups in total. The fourth-order valence-electron chi connectivity index (χ4n) is 2.78. The molecule has 3 aromatic rings. The number of rotatable bonds is 8. The summed E-state index contributed by atoms with van der Waals surface area (Å²) in [6, 6.07) is 20.9. The Morgan fingerprint density at radius 2 is 1.78 bits per heavy atom. The molecule has 1 aromatic heterocycles. The number of methoxy groups -OCH3 is 1. The van der Waals surface area contributed by atoms with Crippen molar-refractivity contribution in [1.29, 1.82) is 0 Å². The summed E-state index contributed by atoms with van der Waals surface area (Å²) in [7, 11) is 1.66. The highest BCUT2D eigenvalue weighted by Crippen LogP contribution is 2.15. The first-order chi connectivity index (χ1) is 13.1. The highest BCUT2D eigenvalue weighted by atomic mass is 16.5. The molecule has 5 nitrogen and oxygen atoms in total. The molecule has 0 radical (unpaired) electrons. The molecule has 0 aliphatic rings. The molecule has 138 valence electrons. The average molecular weight is 362 g/mol. The van der Waals surface area contributed by atoms with Crippen LogP contribution in [0.1, 0.15) is 27.2 Å². The van der Waals surface area contributed by atoms with Crippen molar-refractivity contribution in [2.24, 2.45) is 5.73 Å². The fraction of sp³-hybridized carbons (Fsp3) is 0.182. The van der Waals surface area contributed by atoms with Crippen molar-refractivity contribution in [2.45, 2.75) is 12.8 Å². The molecule has 0 fully saturated rings. The first-order valence-corrected chi connectivity index (χ1v) is 8.74. The second-order valence-electron chi connectivity index (χ2n) is 6.16. The van der Waals surface area contributed by atoms with Gasteiger partial charge in [0.25, 0.3) is 0 Å². The second kappa shape index (κ2) is 8.85. The third kappa shape index (κ3) is 5.31. The van der Waals surface area contributed by atoms with E-state index in [4.69, 9.17) is 15.2 Å². The van der Waals surface area contributed by atoms with Crippen LogP contribution in [0.3, 0.4) is 0 Å². The zero-order chi connectivity index (χ0) is 19.1. The molecule has 0 bridgehead atoms. The van der Waals surface area contributed by atoms with Gasteiger partial charge in [-0.3, -0.25) is 4.79 Å². The Bertz CT molecular complexity index is 925. The van der Waals surface area contributed by atoms with Crippen molar-refractivity contribution in [1.82, 2.24) is 4.98 Å². The first-order valence-electron chi connectivity index (χ1n) is 8.74. The minimum Gasteiger partial charge on any atom is -0.497 e. The number of nitrogens with two attached hydrogens (primary N) is 1. The van der Waals surface area contributed by atoms with E-state index in [9.17, 15) is 4.79 Å². The molecule has 27 heavy (non-hydrogen) atoms. The Morgan fingerprint density at radius 1 is 1.00 bits per heavy atom. The number of amides is 1. The molecule has 5 heteroatoms. The average Bonchev–Trinajstić information content (AvgIpc) is 2.69. The van der Waals surface area contributed by atoms with Gasteiger partial charge < -0.3 is 15.2 Å². The van der Waals surface area contributed by atoms with E-state index in [0.29, 0.717) is 24.5 Å². The minimum atomic E-state index is -0.431. The minimum absolute atomic E-state index is 0.431. The van der Waals surface area contributed by atoms with E-state index in [1.54, 1.807) is 19.2 Å². The molecule has 1 heterocycles. The van der Waals surface area contributed by atoms with Crippen LogP contribution < -0.4 is 15.2 Å². The maximum Gasteiger partial charge on any atom is 0.248 e. The van der Waals surface area contributed by atoms with Gasteiger partial charge in [-0.2, -0.15) is 0 Å². The third-order valence-corrected chi connectivity index (χ3v) is 4.15. The van der Waals surface area contributed by atoms with Crippen LogP contribution in [-0.4, -0.2) is 24.6 Å². The second-order valence-corrected chi connectivity index (χ2v) is 6.16. The molecule has 0 aliphatic heterocycles. The van der Waals surface area contributed by atoms with Gasteiger partial charge in [0.15, 0.2) is 0 Å². The van der Waals surface area contributed by atoms with Crippen molar-refractivity contribution in [3.05, 3.63) is 89.1 Å². The molecule has 0 saturated carbocycles. The van der Waals surface area contributed by atoms with E-state index in [2.05, 4.69) is 4.98 Å². The predicted molar refractivity (Wildman–Crippen MR) is 104 cm³/mol. The maximum atomic E-state index is 11.3. The van der Waals surface area contributed by atoms with E-state index >= 15 is 0 Å². The highest BCUT2D eigenvalue weighted by Gasteiger charge is 2.05. The number of aromatic nitrogens is 1. The topological polar surface area (TPSA) is 74.4 Å². The molecule has 0 saturated heterocycles. The van der Waals surface area contributed by atoms with Crippen LogP contribution in [-0.2, 0) is 12.8 Å². The lowest BCUT2D eigenvalue weighted by atomic mass is 10.1. The molecule has 2 aromatic carbocycles. The Morgan fingerprint density at radius 3 is 2.59 bits per heavy atom. The summed E-state index contributed by atoms with van der Waals surface area (Å²) in [4.78, 5) is 15.9. The number of primary amides is 1. The highest BCUT2D eigenvalue weighted by molar-refractivity contribution is 5.92. The lowest BCUT2D eigenvalue weighted by Gasteiger charge is -2.08. The van der Waals surface area contributed by atoms with Gasteiger partial charge in [-0.15, -0.1) is 0 Å². The summed E-state index contributed by atoms with van der Waals surface area (Å²) < 4.78 is 11.0. The smallest absolute Gasteiger partial charge is 0.248 e. The monoisotopic (exact) mass is 362 g/mol. The number of ether oxygens (including phenoxy) is 2. The van der Waals surface area contributed by atoms with Crippen LogP contribution >= 0.6 is 0 Å². The molecule has 0 aliphatic carbocycles. The van der Waals surface area contributed by atoms with Crippen molar-refractivity contribution in [2.75, 3.05) is 13.7 Å². The van der Waals surface area contributed by atoms with E-state index < -0.39 is 5.91 Å². The van der Waals surface area contributed by atoms with Gasteiger partial charge in [-0.05, 0) is 41.5 Å². The standard InChI is InChI=1S/C22H22N2O3/c1-26-20-9-3-5-16(15-20)11-12-27-21-10-4-8-19(24-21)14-17-6-2-7-18(13-17)22(23)25/h2-10,13,15H,11-12,14H2,1H3,(H2,23,25). The van der Waals surface area contributed by atoms with Gasteiger partial charge in [0.2, 0.25) is 11.8 Å². The first kappa shape index (κ1) is 18.5. The molecular formula is C22H22N2O3. The van der Waals surface area contributed by atoms with Crippen LogP contribution in [0.15, 0.2) is 66.7 Å². The van der Waals surface area contributed by atoms with Crippen LogP contribution in [0.5, 0.6) is 11.6 Å². The largest absolute Gasteiger partial charge is 0.497 e. The summed E-state index contributed by atoms with van der Waals surface area (Å²) in [5.74, 6) is 0.992. The van der Waals surface area contributed by atoms with Gasteiger partial charge in [-0.25, -0.2) is 4.98 Å². The van der Waals surface area contributed by atoms with Crippen molar-refractivity contribution in [3.63, 3.8) is 0 Å². The Kier molecular flexibility index (Phi) is 6.05. The Balaban J connectivity index is 1.60. The van der Waals surface area contributed by atoms with Crippen LogP contribution in [0.25, 0.3) is 0 Å². The normalized spacial score (nSPS) is 10.4. The molecule has 0 unspecified atom stereocenters. The van der Waals surface area contributed by atoms with E-state index in [1.807, 2.05) is 54.6 Å². The quantitative estimate of drug-likeness (QED) is 0.666. The third-order valence-electron chi connectivity index (χ3n) is 4.15. The van der Waals surface area contributed by atoms with Gasteiger partial charge in [0.1, 0.15) is 5.75 Å². The van der Waals surface area contributed by atoms with Crippen molar-refractivity contribution < 1.29 is 14.3 Å². The number of nitrogens with zero attached hydrogens (tertiary/aromatic N) is 1. The summed E-state index contributed by atoms with van der Waals surface area (Å²) in [5.41, 5.74) is 8.83. The molecular weight excluding hydrogens is 340 g/mol. The molecule has 3 rings (SSSR count). The van der Waals surface area contributed by atoms with E-state index in [0.717, 1.165) is 29.0 Å². The zero-order valence-electron chi connectivity index (χ0n) is 15.2. The van der Waals surface area contributed by atoms with Gasteiger partial charge in [-0.1, -0.05) is 30.3 Å². The number of benzene rings is 2. The maximum absolute atomic E-state index is 11.3. The fourth-order valence-corrected chi connectivity index (χ4v) is 2.78. The lowest BCUT2D eigenvalue weighted by Crippen LogP contribution is -2.11. The molecule has 0 atom stereocenters. The number of carbonyl (C=O) groups excluding carboxylic acids is 1. The Hall–Kier alpha value is -3.34. The number of pyridine rings is 1.